The van der Waals surface area contributed by atoms with Crippen LogP contribution >= 0.6 is 23.2 Å². The molecule has 0 N–H and O–H groups in total. The van der Waals surface area contributed by atoms with E-state index in [1.165, 1.54) is 0 Å². The molecule has 0 bridgehead atoms. The van der Waals surface area contributed by atoms with Gasteiger partial charge in [-0.25, -0.2) is 0 Å². The van der Waals surface area contributed by atoms with Crippen molar-refractivity contribution in [3.8, 4) is 17.1 Å². The Morgan fingerprint density at radius 2 is 1.38 bits per heavy atom. The highest BCUT2D eigenvalue weighted by Gasteiger charge is 2.28. The lowest BCUT2D eigenvalue weighted by Crippen LogP contribution is -2.22. The average molecular weight is 474 g/mol. The van der Waals surface area contributed by atoms with Gasteiger partial charge in [-0.1, -0.05) is 47.5 Å². The lowest BCUT2D eigenvalue weighted by molar-refractivity contribution is -0.499. The average Bonchev–Trinajstić information content (AvgIpc) is 3.17. The van der Waals surface area contributed by atoms with Gasteiger partial charge in [0.1, 0.15) is 5.69 Å². The van der Waals surface area contributed by atoms with E-state index in [2.05, 4.69) is 27.2 Å². The fourth-order valence-electron chi connectivity index (χ4n) is 3.74. The second kappa shape index (κ2) is 8.75. The molecule has 0 aliphatic heterocycles. The first kappa shape index (κ1) is 20.7. The molecule has 0 amide bonds. The highest BCUT2D eigenvalue weighted by Crippen LogP contribution is 2.28. The van der Waals surface area contributed by atoms with E-state index in [1.54, 1.807) is 0 Å². The van der Waals surface area contributed by atoms with Crippen LogP contribution in [-0.4, -0.2) is 9.61 Å². The molecule has 156 valence electrons. The molecule has 3 aromatic carbocycles. The number of aromatic nitrogens is 2. The van der Waals surface area contributed by atoms with Crippen LogP contribution in [0.4, 0.5) is 5.69 Å². The van der Waals surface area contributed by atoms with Gasteiger partial charge in [0.05, 0.1) is 17.4 Å². The summed E-state index contributed by atoms with van der Waals surface area (Å²) in [5.74, 6) is 0.979. The van der Waals surface area contributed by atoms with Gasteiger partial charge in [-0.05, 0) is 77.8 Å². The highest BCUT2D eigenvalue weighted by molar-refractivity contribution is 7.78. The number of halogens is 2. The van der Waals surface area contributed by atoms with Gasteiger partial charge in [0.2, 0.25) is 0 Å². The first-order valence-electron chi connectivity index (χ1n) is 10.00. The van der Waals surface area contributed by atoms with Crippen molar-refractivity contribution >= 4 is 52.1 Å². The number of hydrogen-bond donors (Lipinski definition) is 0. The van der Waals surface area contributed by atoms with Crippen LogP contribution in [0.5, 0.6) is 0 Å². The Labute approximate surface area is 201 Å². The minimum Gasteiger partial charge on any atom is -0.756 e. The number of imidazole rings is 1. The summed E-state index contributed by atoms with van der Waals surface area (Å²) in [4.78, 5) is 4.74. The third kappa shape index (κ3) is 3.89. The fraction of sp³-hybridized carbons (Fsp3) is 0. The first-order chi connectivity index (χ1) is 15.6. The van der Waals surface area contributed by atoms with Crippen LogP contribution in [0.2, 0.25) is 10.0 Å². The van der Waals surface area contributed by atoms with Crippen molar-refractivity contribution in [2.45, 2.75) is 0 Å². The van der Waals surface area contributed by atoms with Crippen LogP contribution < -0.4 is 4.40 Å². The van der Waals surface area contributed by atoms with Gasteiger partial charge in [-0.2, -0.15) is 8.97 Å². The van der Waals surface area contributed by atoms with Crippen molar-refractivity contribution in [1.82, 2.24) is 4.57 Å². The van der Waals surface area contributed by atoms with Crippen LogP contribution in [0, 0.1) is 0 Å². The summed E-state index contributed by atoms with van der Waals surface area (Å²) >= 11 is 18.1. The van der Waals surface area contributed by atoms with Gasteiger partial charge in [0.25, 0.3) is 5.82 Å². The van der Waals surface area contributed by atoms with E-state index in [4.69, 9.17) is 40.8 Å². The number of fused-ring (bicyclic) bond motifs is 1. The summed E-state index contributed by atoms with van der Waals surface area (Å²) in [6.45, 7) is 0. The molecule has 3 nitrogen and oxygen atoms in total. The molecule has 5 aromatic rings. The second-order valence-corrected chi connectivity index (χ2v) is 8.46. The monoisotopic (exact) mass is 473 g/mol. The third-order valence-electron chi connectivity index (χ3n) is 5.14. The first-order valence-corrected chi connectivity index (χ1v) is 11.2. The standard InChI is InChI=1S/C26H17Cl2N3S/c27-19-9-13-21(14-10-19)29-25(32)24-23-8-4-5-17-30(23)26(18-6-2-1-3-7-18)31(24)22-15-11-20(28)12-16-22/h1-17H. The quantitative estimate of drug-likeness (QED) is 0.121. The van der Waals surface area contributed by atoms with Crippen LogP contribution in [0.15, 0.2) is 108 Å². The van der Waals surface area contributed by atoms with Crippen molar-refractivity contribution < 1.29 is 4.40 Å². The summed E-state index contributed by atoms with van der Waals surface area (Å²) in [7, 11) is 0. The summed E-state index contributed by atoms with van der Waals surface area (Å²) in [5, 5.41) is 1.81. The Morgan fingerprint density at radius 3 is 2.06 bits per heavy atom. The van der Waals surface area contributed by atoms with Crippen molar-refractivity contribution in [2.75, 3.05) is 0 Å². The molecule has 0 aliphatic rings. The van der Waals surface area contributed by atoms with E-state index in [1.807, 2.05) is 85.1 Å². The Bertz CT molecular complexity index is 1420. The van der Waals surface area contributed by atoms with Crippen molar-refractivity contribution in [3.63, 3.8) is 0 Å². The van der Waals surface area contributed by atoms with E-state index in [0.29, 0.717) is 15.1 Å². The number of hydrogen-bond acceptors (Lipinski definition) is 2. The van der Waals surface area contributed by atoms with Gasteiger partial charge in [0.15, 0.2) is 11.2 Å². The molecular formula is C26H17Cl2N3S. The number of rotatable bonds is 4. The summed E-state index contributed by atoms with van der Waals surface area (Å²) < 4.78 is 4.28. The van der Waals surface area contributed by atoms with Crippen molar-refractivity contribution in [2.24, 2.45) is 4.99 Å². The van der Waals surface area contributed by atoms with Crippen LogP contribution in [0.25, 0.3) is 22.6 Å². The van der Waals surface area contributed by atoms with Crippen molar-refractivity contribution in [1.29, 1.82) is 0 Å². The zero-order valence-electron chi connectivity index (χ0n) is 16.8. The zero-order chi connectivity index (χ0) is 22.1. The molecule has 0 aliphatic carbocycles. The Kier molecular flexibility index (Phi) is 5.66. The topological polar surface area (TPSA) is 21.4 Å². The molecule has 0 saturated heterocycles. The Hall–Kier alpha value is -3.18. The molecule has 0 saturated carbocycles. The molecule has 32 heavy (non-hydrogen) atoms. The van der Waals surface area contributed by atoms with E-state index >= 15 is 0 Å². The Morgan fingerprint density at radius 1 is 0.750 bits per heavy atom. The Balaban J connectivity index is 1.85. The molecule has 0 unspecified atom stereocenters. The maximum absolute atomic E-state index is 6.19. The molecule has 2 heterocycles. The number of nitrogens with zero attached hydrogens (tertiary/aromatic N) is 3. The second-order valence-electron chi connectivity index (χ2n) is 7.20. The van der Waals surface area contributed by atoms with Gasteiger partial charge in [-0.3, -0.25) is 4.99 Å². The highest BCUT2D eigenvalue weighted by atomic mass is 35.5. The molecule has 0 fully saturated rings. The van der Waals surface area contributed by atoms with E-state index in [9.17, 15) is 0 Å². The predicted molar refractivity (Wildman–Crippen MR) is 134 cm³/mol. The minimum absolute atomic E-state index is 0.480. The number of benzene rings is 3. The molecule has 0 radical (unpaired) electrons. The lowest BCUT2D eigenvalue weighted by atomic mass is 10.2. The van der Waals surface area contributed by atoms with Gasteiger partial charge < -0.3 is 12.6 Å². The van der Waals surface area contributed by atoms with Crippen molar-refractivity contribution in [3.05, 3.63) is 119 Å². The van der Waals surface area contributed by atoms with E-state index in [0.717, 1.165) is 34.0 Å². The van der Waals surface area contributed by atoms with Gasteiger partial charge in [0, 0.05) is 10.0 Å². The molecular weight excluding hydrogens is 457 g/mol. The maximum atomic E-state index is 6.19. The summed E-state index contributed by atoms with van der Waals surface area (Å²) in [6, 6.07) is 31.4. The van der Waals surface area contributed by atoms with Crippen LogP contribution in [-0.2, 0) is 12.6 Å². The largest absolute Gasteiger partial charge is 0.756 e. The van der Waals surface area contributed by atoms with E-state index in [-0.39, 0.29) is 0 Å². The molecule has 5 rings (SSSR count). The number of pyridine rings is 1. The molecule has 2 aromatic heterocycles. The molecule has 0 atom stereocenters. The summed E-state index contributed by atoms with van der Waals surface area (Å²) in [6.07, 6.45) is 2.04. The minimum atomic E-state index is 0.480. The fourth-order valence-corrected chi connectivity index (χ4v) is 4.29. The van der Waals surface area contributed by atoms with Gasteiger partial charge in [-0.15, -0.1) is 0 Å². The normalized spacial score (nSPS) is 11.8. The smallest absolute Gasteiger partial charge is 0.299 e. The van der Waals surface area contributed by atoms with Crippen LogP contribution in [0.1, 0.15) is 5.69 Å². The third-order valence-corrected chi connectivity index (χ3v) is 5.93. The summed E-state index contributed by atoms with van der Waals surface area (Å²) in [5.41, 5.74) is 4.55. The lowest BCUT2D eigenvalue weighted by Gasteiger charge is -2.11. The zero-order valence-corrected chi connectivity index (χ0v) is 19.1. The predicted octanol–water partition coefficient (Wildman–Crippen LogP) is 6.82. The SMILES string of the molecule is [S-]C(=Nc1ccc(Cl)cc1)c1c2cccc[n+]2c(-c2ccccc2)n1-c1ccc(Cl)cc1. The number of aliphatic imine (C=N–C) groups is 1. The maximum Gasteiger partial charge on any atom is 0.299 e. The van der Waals surface area contributed by atoms with Crippen LogP contribution in [0.3, 0.4) is 0 Å². The molecule has 0 spiro atoms. The van der Waals surface area contributed by atoms with Gasteiger partial charge >= 0.3 is 0 Å². The van der Waals surface area contributed by atoms with E-state index < -0.39 is 0 Å². The molecule has 6 heteroatoms.